The van der Waals surface area contributed by atoms with Crippen LogP contribution in [0.3, 0.4) is 0 Å². The summed E-state index contributed by atoms with van der Waals surface area (Å²) in [5.41, 5.74) is 4.23. The molecule has 1 heterocycles. The fraction of sp³-hybridized carbons (Fsp3) is 0.227. The molecule has 3 rings (SSSR count). The summed E-state index contributed by atoms with van der Waals surface area (Å²) in [6.07, 6.45) is 1.47. The van der Waals surface area contributed by atoms with Gasteiger partial charge in [0.2, 0.25) is 5.95 Å². The van der Waals surface area contributed by atoms with Gasteiger partial charge in [0.25, 0.3) is 15.9 Å². The molecular weight excluding hydrogens is 416 g/mol. The van der Waals surface area contributed by atoms with Gasteiger partial charge in [-0.25, -0.2) is 23.1 Å². The zero-order valence-electron chi connectivity index (χ0n) is 17.8. The second kappa shape index (κ2) is 9.13. The molecule has 0 saturated carbocycles. The van der Waals surface area contributed by atoms with Crippen molar-refractivity contribution < 1.29 is 17.9 Å². The second-order valence-corrected chi connectivity index (χ2v) is 8.88. The monoisotopic (exact) mass is 440 g/mol. The second-order valence-electron chi connectivity index (χ2n) is 7.19. The molecule has 0 aliphatic rings. The quantitative estimate of drug-likeness (QED) is 0.582. The number of rotatable bonds is 7. The largest absolute Gasteiger partial charge is 0.483 e. The summed E-state index contributed by atoms with van der Waals surface area (Å²) in [6.45, 7) is 7.48. The zero-order valence-corrected chi connectivity index (χ0v) is 18.6. The molecule has 1 amide bonds. The highest BCUT2D eigenvalue weighted by Gasteiger charge is 2.16. The van der Waals surface area contributed by atoms with Crippen LogP contribution in [-0.4, -0.2) is 30.9 Å². The molecule has 162 valence electrons. The minimum Gasteiger partial charge on any atom is -0.483 e. The third-order valence-corrected chi connectivity index (χ3v) is 5.94. The zero-order chi connectivity index (χ0) is 22.6. The van der Waals surface area contributed by atoms with E-state index in [1.807, 2.05) is 26.8 Å². The maximum atomic E-state index is 12.5. The maximum absolute atomic E-state index is 12.5. The van der Waals surface area contributed by atoms with E-state index in [9.17, 15) is 13.2 Å². The van der Waals surface area contributed by atoms with Gasteiger partial charge in [0, 0.05) is 17.6 Å². The van der Waals surface area contributed by atoms with Crippen molar-refractivity contribution in [2.24, 2.45) is 0 Å². The molecule has 0 fully saturated rings. The lowest BCUT2D eigenvalue weighted by Crippen LogP contribution is -2.20. The van der Waals surface area contributed by atoms with Crippen LogP contribution in [0.2, 0.25) is 0 Å². The van der Waals surface area contributed by atoms with E-state index in [1.54, 1.807) is 13.0 Å². The molecule has 3 aromatic rings. The van der Waals surface area contributed by atoms with Gasteiger partial charge in [-0.3, -0.25) is 4.79 Å². The Morgan fingerprint density at radius 2 is 1.74 bits per heavy atom. The smallest absolute Gasteiger partial charge is 0.264 e. The minimum atomic E-state index is -3.85. The summed E-state index contributed by atoms with van der Waals surface area (Å²) < 4.78 is 33.0. The molecule has 0 unspecified atom stereocenters. The molecule has 0 spiro atoms. The topological polar surface area (TPSA) is 110 Å². The molecular formula is C22H24N4O4S. The van der Waals surface area contributed by atoms with Gasteiger partial charge in [-0.15, -0.1) is 0 Å². The predicted molar refractivity (Wildman–Crippen MR) is 119 cm³/mol. The number of carbonyl (C=O) groups is 1. The van der Waals surface area contributed by atoms with Crippen LogP contribution in [0.1, 0.15) is 22.4 Å². The minimum absolute atomic E-state index is 0.00351. The molecule has 2 aromatic carbocycles. The van der Waals surface area contributed by atoms with E-state index in [1.165, 1.54) is 30.5 Å². The van der Waals surface area contributed by atoms with E-state index in [0.29, 0.717) is 17.1 Å². The van der Waals surface area contributed by atoms with Crippen LogP contribution in [0.15, 0.2) is 53.6 Å². The van der Waals surface area contributed by atoms with E-state index in [4.69, 9.17) is 4.74 Å². The summed E-state index contributed by atoms with van der Waals surface area (Å²) in [7, 11) is -3.85. The van der Waals surface area contributed by atoms with Crippen molar-refractivity contribution in [3.05, 3.63) is 71.0 Å². The molecule has 0 radical (unpaired) electrons. The number of benzene rings is 2. The predicted octanol–water partition coefficient (Wildman–Crippen LogP) is 3.53. The number of aryl methyl sites for hydroxylation is 3. The van der Waals surface area contributed by atoms with Gasteiger partial charge in [-0.1, -0.05) is 6.07 Å². The number of nitrogens with zero attached hydrogens (tertiary/aromatic N) is 2. The number of aromatic nitrogens is 2. The lowest BCUT2D eigenvalue weighted by molar-refractivity contribution is -0.118. The Morgan fingerprint density at radius 1 is 1.03 bits per heavy atom. The fourth-order valence-electron chi connectivity index (χ4n) is 2.89. The third kappa shape index (κ3) is 5.79. The van der Waals surface area contributed by atoms with Gasteiger partial charge >= 0.3 is 0 Å². The number of sulfonamides is 1. The van der Waals surface area contributed by atoms with Gasteiger partial charge < -0.3 is 10.1 Å². The number of hydrogen-bond donors (Lipinski definition) is 2. The number of anilines is 2. The molecule has 31 heavy (non-hydrogen) atoms. The SMILES string of the molecule is Cc1cc(C)c(C)c(OCC(=O)Nc2ccc(S(=O)(=O)Nc3nccc(C)n3)cc2)c1. The van der Waals surface area contributed by atoms with Crippen LogP contribution in [0.25, 0.3) is 0 Å². The van der Waals surface area contributed by atoms with Crippen molar-refractivity contribution in [2.45, 2.75) is 32.6 Å². The van der Waals surface area contributed by atoms with E-state index in [0.717, 1.165) is 16.7 Å². The molecule has 2 N–H and O–H groups in total. The van der Waals surface area contributed by atoms with Crippen molar-refractivity contribution in [3.8, 4) is 5.75 Å². The van der Waals surface area contributed by atoms with E-state index >= 15 is 0 Å². The Balaban J connectivity index is 1.62. The first-order valence-electron chi connectivity index (χ1n) is 9.57. The van der Waals surface area contributed by atoms with Crippen LogP contribution in [0, 0.1) is 27.7 Å². The lowest BCUT2D eigenvalue weighted by Gasteiger charge is -2.13. The lowest BCUT2D eigenvalue weighted by atomic mass is 10.1. The molecule has 0 bridgehead atoms. The van der Waals surface area contributed by atoms with Gasteiger partial charge in [0.05, 0.1) is 4.90 Å². The summed E-state index contributed by atoms with van der Waals surface area (Å²) in [6, 6.07) is 11.4. The number of amides is 1. The molecule has 9 heteroatoms. The Hall–Kier alpha value is -3.46. The molecule has 0 saturated heterocycles. The van der Waals surface area contributed by atoms with Crippen molar-refractivity contribution in [1.82, 2.24) is 9.97 Å². The van der Waals surface area contributed by atoms with Crippen molar-refractivity contribution in [1.29, 1.82) is 0 Å². The average molecular weight is 441 g/mol. The first kappa shape index (κ1) is 22.2. The van der Waals surface area contributed by atoms with Crippen LogP contribution >= 0.6 is 0 Å². The van der Waals surface area contributed by atoms with E-state index < -0.39 is 10.0 Å². The fourth-order valence-corrected chi connectivity index (χ4v) is 3.84. The highest BCUT2D eigenvalue weighted by Crippen LogP contribution is 2.23. The summed E-state index contributed by atoms with van der Waals surface area (Å²) in [5.74, 6) is 0.315. The number of carbonyl (C=O) groups excluding carboxylic acids is 1. The highest BCUT2D eigenvalue weighted by molar-refractivity contribution is 7.92. The van der Waals surface area contributed by atoms with Crippen molar-refractivity contribution >= 4 is 27.6 Å². The summed E-state index contributed by atoms with van der Waals surface area (Å²) in [4.78, 5) is 20.2. The number of ether oxygens (including phenoxy) is 1. The molecule has 8 nitrogen and oxygen atoms in total. The third-order valence-electron chi connectivity index (χ3n) is 4.59. The molecule has 0 aliphatic heterocycles. The standard InChI is InChI=1S/C22H24N4O4S/c1-14-11-15(2)17(4)20(12-14)30-13-21(27)25-18-5-7-19(8-6-18)31(28,29)26-22-23-10-9-16(3)24-22/h5-12H,13H2,1-4H3,(H,25,27)(H,23,24,26). The Kier molecular flexibility index (Phi) is 6.55. The number of hydrogen-bond acceptors (Lipinski definition) is 6. The van der Waals surface area contributed by atoms with Gasteiger partial charge in [-0.2, -0.15) is 0 Å². The molecule has 0 aliphatic carbocycles. The molecule has 1 aromatic heterocycles. The maximum Gasteiger partial charge on any atom is 0.264 e. The van der Waals surface area contributed by atoms with Gasteiger partial charge in [-0.05, 0) is 80.8 Å². The van der Waals surface area contributed by atoms with E-state index in [2.05, 4.69) is 26.1 Å². The first-order valence-corrected chi connectivity index (χ1v) is 11.1. The van der Waals surface area contributed by atoms with Crippen LogP contribution in [-0.2, 0) is 14.8 Å². The molecule has 0 atom stereocenters. The first-order chi connectivity index (χ1) is 14.6. The van der Waals surface area contributed by atoms with Gasteiger partial charge in [0.15, 0.2) is 6.61 Å². The van der Waals surface area contributed by atoms with Crippen LogP contribution < -0.4 is 14.8 Å². The Bertz CT molecular complexity index is 1210. The van der Waals surface area contributed by atoms with Crippen molar-refractivity contribution in [3.63, 3.8) is 0 Å². The van der Waals surface area contributed by atoms with Crippen molar-refractivity contribution in [2.75, 3.05) is 16.6 Å². The van der Waals surface area contributed by atoms with Crippen LogP contribution in [0.5, 0.6) is 5.75 Å². The summed E-state index contributed by atoms with van der Waals surface area (Å²) in [5, 5.41) is 2.69. The van der Waals surface area contributed by atoms with Gasteiger partial charge in [0.1, 0.15) is 5.75 Å². The normalized spacial score (nSPS) is 11.1. The Labute approximate surface area is 181 Å². The summed E-state index contributed by atoms with van der Waals surface area (Å²) >= 11 is 0. The number of nitrogens with one attached hydrogen (secondary N) is 2. The Morgan fingerprint density at radius 3 is 2.42 bits per heavy atom. The average Bonchev–Trinajstić information content (AvgIpc) is 2.69. The van der Waals surface area contributed by atoms with E-state index in [-0.39, 0.29) is 23.4 Å². The van der Waals surface area contributed by atoms with Crippen LogP contribution in [0.4, 0.5) is 11.6 Å². The highest BCUT2D eigenvalue weighted by atomic mass is 32.2.